The number of carbonyl (C=O) groups excluding carboxylic acids is 2. The largest absolute Gasteiger partial charge is 0.478 e. The van der Waals surface area contributed by atoms with Gasteiger partial charge in [-0.1, -0.05) is 12.1 Å². The number of anilines is 1. The van der Waals surface area contributed by atoms with Gasteiger partial charge in [-0.05, 0) is 48.2 Å². The number of hydrogen-bond acceptors (Lipinski definition) is 5. The highest BCUT2D eigenvalue weighted by Crippen LogP contribution is 2.39. The highest BCUT2D eigenvalue weighted by atomic mass is 32.2. The molecule has 0 radical (unpaired) electrons. The fourth-order valence-electron chi connectivity index (χ4n) is 2.66. The molecule has 1 aliphatic heterocycles. The van der Waals surface area contributed by atoms with Gasteiger partial charge in [0, 0.05) is 16.2 Å². The average Bonchev–Trinajstić information content (AvgIpc) is 2.88. The normalized spacial score (nSPS) is 17.2. The number of thioether (sulfide) groups is 2. The molecule has 1 N–H and O–H groups in total. The van der Waals surface area contributed by atoms with Crippen LogP contribution < -0.4 is 4.90 Å². The molecule has 0 saturated carbocycles. The van der Waals surface area contributed by atoms with Gasteiger partial charge in [-0.3, -0.25) is 9.59 Å². The fraction of sp³-hybridized carbons (Fsp3) is 0.167. The van der Waals surface area contributed by atoms with Crippen molar-refractivity contribution in [3.63, 3.8) is 0 Å². The minimum Gasteiger partial charge on any atom is -0.478 e. The summed E-state index contributed by atoms with van der Waals surface area (Å²) in [4.78, 5) is 37.5. The first kappa shape index (κ1) is 20.3. The van der Waals surface area contributed by atoms with Gasteiger partial charge in [0.25, 0.3) is 0 Å². The number of nitrogens with zero attached hydrogens (tertiary/aromatic N) is 1. The second-order valence-corrected chi connectivity index (χ2v) is 8.10. The van der Waals surface area contributed by atoms with Crippen LogP contribution in [0.5, 0.6) is 0 Å². The molecule has 1 fully saturated rings. The lowest BCUT2D eigenvalue weighted by molar-refractivity contribution is -0.121. The van der Waals surface area contributed by atoms with Gasteiger partial charge in [0.2, 0.25) is 11.8 Å². The van der Waals surface area contributed by atoms with E-state index in [2.05, 4.69) is 0 Å². The molecule has 2 aromatic carbocycles. The Balaban J connectivity index is 1.78. The molecule has 28 heavy (non-hydrogen) atoms. The number of carboxylic acids is 1. The lowest BCUT2D eigenvalue weighted by atomic mass is 10.2. The number of benzene rings is 2. The smallest absolute Gasteiger partial charge is 0.446 e. The maximum Gasteiger partial charge on any atom is 0.446 e. The van der Waals surface area contributed by atoms with Crippen LogP contribution in [0.15, 0.2) is 58.3 Å². The Morgan fingerprint density at radius 1 is 1.07 bits per heavy atom. The molecule has 0 bridgehead atoms. The Kier molecular flexibility index (Phi) is 5.71. The summed E-state index contributed by atoms with van der Waals surface area (Å²) < 4.78 is 37.2. The minimum atomic E-state index is -4.43. The number of imide groups is 1. The van der Waals surface area contributed by atoms with Gasteiger partial charge in [0.05, 0.1) is 16.5 Å². The number of alkyl halides is 3. The second kappa shape index (κ2) is 7.88. The summed E-state index contributed by atoms with van der Waals surface area (Å²) in [5, 5.41) is 8.43. The van der Waals surface area contributed by atoms with E-state index in [4.69, 9.17) is 0 Å². The van der Waals surface area contributed by atoms with Gasteiger partial charge >= 0.3 is 11.5 Å². The Labute approximate surface area is 165 Å². The third kappa shape index (κ3) is 4.50. The summed E-state index contributed by atoms with van der Waals surface area (Å²) in [7, 11) is 0. The van der Waals surface area contributed by atoms with Crippen molar-refractivity contribution in [2.75, 3.05) is 4.90 Å². The quantitative estimate of drug-likeness (QED) is 0.563. The maximum atomic E-state index is 12.7. The molecule has 1 heterocycles. The van der Waals surface area contributed by atoms with Crippen LogP contribution >= 0.6 is 23.5 Å². The van der Waals surface area contributed by atoms with Crippen molar-refractivity contribution >= 4 is 47.0 Å². The SMILES string of the molecule is O=C(O)c1ccccc1SC1CC(=O)N(c2ccc(SC(F)(F)F)cc2)C1=O. The van der Waals surface area contributed by atoms with Crippen LogP contribution in [0.2, 0.25) is 0 Å². The van der Waals surface area contributed by atoms with Crippen molar-refractivity contribution < 1.29 is 32.7 Å². The molecule has 1 aliphatic rings. The lowest BCUT2D eigenvalue weighted by Crippen LogP contribution is -2.31. The molecule has 2 amide bonds. The molecule has 3 rings (SSSR count). The number of carbonyl (C=O) groups is 3. The van der Waals surface area contributed by atoms with Gasteiger partial charge in [-0.15, -0.1) is 11.8 Å². The predicted molar refractivity (Wildman–Crippen MR) is 98.5 cm³/mol. The Bertz CT molecular complexity index is 931. The average molecular weight is 427 g/mol. The van der Waals surface area contributed by atoms with E-state index in [0.717, 1.165) is 16.7 Å². The number of hydrogen-bond donors (Lipinski definition) is 1. The van der Waals surface area contributed by atoms with Crippen LogP contribution in [0.25, 0.3) is 0 Å². The van der Waals surface area contributed by atoms with Crippen LogP contribution in [0.1, 0.15) is 16.8 Å². The van der Waals surface area contributed by atoms with Crippen molar-refractivity contribution in [2.45, 2.75) is 27.0 Å². The second-order valence-electron chi connectivity index (χ2n) is 5.72. The van der Waals surface area contributed by atoms with Crippen molar-refractivity contribution in [1.82, 2.24) is 0 Å². The van der Waals surface area contributed by atoms with Gasteiger partial charge in [0.1, 0.15) is 0 Å². The topological polar surface area (TPSA) is 74.7 Å². The zero-order valence-electron chi connectivity index (χ0n) is 14.0. The highest BCUT2D eigenvalue weighted by Gasteiger charge is 2.40. The van der Waals surface area contributed by atoms with Gasteiger partial charge in [0.15, 0.2) is 0 Å². The first-order valence-electron chi connectivity index (χ1n) is 7.87. The fourth-order valence-corrected chi connectivity index (χ4v) is 4.38. The molecule has 0 aromatic heterocycles. The number of carboxylic acid groups (broad SMARTS) is 1. The summed E-state index contributed by atoms with van der Waals surface area (Å²) in [6.45, 7) is 0. The third-order valence-corrected chi connectivity index (χ3v) is 5.82. The number of aromatic carboxylic acids is 1. The summed E-state index contributed by atoms with van der Waals surface area (Å²) in [5.41, 5.74) is -4.23. The van der Waals surface area contributed by atoms with Crippen molar-refractivity contribution in [1.29, 1.82) is 0 Å². The minimum absolute atomic E-state index is 0.0275. The van der Waals surface area contributed by atoms with Crippen LogP contribution in [0.4, 0.5) is 18.9 Å². The predicted octanol–water partition coefficient (Wildman–Crippen LogP) is 4.42. The molecule has 10 heteroatoms. The van der Waals surface area contributed by atoms with Crippen molar-refractivity contribution in [2.24, 2.45) is 0 Å². The standard InChI is InChI=1S/C18H12F3NO4S2/c19-18(20,21)28-11-7-5-10(6-8-11)22-15(23)9-14(16(22)24)27-13-4-2-1-3-12(13)17(25)26/h1-8,14H,9H2,(H,25,26). The zero-order valence-corrected chi connectivity index (χ0v) is 15.6. The molecule has 0 aliphatic carbocycles. The van der Waals surface area contributed by atoms with Gasteiger partial charge in [-0.25, -0.2) is 9.69 Å². The molecule has 0 spiro atoms. The van der Waals surface area contributed by atoms with Gasteiger partial charge < -0.3 is 5.11 Å². The summed E-state index contributed by atoms with van der Waals surface area (Å²) in [5.74, 6) is -2.17. The van der Waals surface area contributed by atoms with E-state index in [0.29, 0.717) is 4.90 Å². The van der Waals surface area contributed by atoms with E-state index >= 15 is 0 Å². The maximum absolute atomic E-state index is 12.7. The molecule has 1 saturated heterocycles. The van der Waals surface area contributed by atoms with Crippen LogP contribution in [0, 0.1) is 0 Å². The Morgan fingerprint density at radius 2 is 1.71 bits per heavy atom. The third-order valence-electron chi connectivity index (χ3n) is 3.82. The lowest BCUT2D eigenvalue weighted by Gasteiger charge is -2.16. The molecule has 1 unspecified atom stereocenters. The van der Waals surface area contributed by atoms with Gasteiger partial charge in [-0.2, -0.15) is 13.2 Å². The summed E-state index contributed by atoms with van der Waals surface area (Å²) >= 11 is 0.694. The van der Waals surface area contributed by atoms with Crippen molar-refractivity contribution in [3.8, 4) is 0 Å². The summed E-state index contributed by atoms with van der Waals surface area (Å²) in [6, 6.07) is 11.1. The first-order valence-corrected chi connectivity index (χ1v) is 9.57. The van der Waals surface area contributed by atoms with E-state index < -0.39 is 28.5 Å². The van der Waals surface area contributed by atoms with E-state index in [1.165, 1.54) is 30.3 Å². The molecular weight excluding hydrogens is 415 g/mol. The number of amides is 2. The zero-order chi connectivity index (χ0) is 20.5. The first-order chi connectivity index (χ1) is 13.2. The van der Waals surface area contributed by atoms with Crippen LogP contribution in [-0.4, -0.2) is 33.6 Å². The molecule has 2 aromatic rings. The monoisotopic (exact) mass is 427 g/mol. The van der Waals surface area contributed by atoms with E-state index in [1.807, 2.05) is 0 Å². The molecular formula is C18H12F3NO4S2. The van der Waals surface area contributed by atoms with E-state index in [1.54, 1.807) is 18.2 Å². The van der Waals surface area contributed by atoms with E-state index in [-0.39, 0.29) is 34.3 Å². The van der Waals surface area contributed by atoms with E-state index in [9.17, 15) is 32.7 Å². The Morgan fingerprint density at radius 3 is 2.32 bits per heavy atom. The molecule has 5 nitrogen and oxygen atoms in total. The van der Waals surface area contributed by atoms with Crippen LogP contribution in [0.3, 0.4) is 0 Å². The number of halogens is 3. The van der Waals surface area contributed by atoms with Crippen LogP contribution in [-0.2, 0) is 9.59 Å². The summed E-state index contributed by atoms with van der Waals surface area (Å²) in [6.07, 6.45) is -0.128. The Hall–Kier alpha value is -2.46. The molecule has 146 valence electrons. The number of rotatable bonds is 5. The highest BCUT2D eigenvalue weighted by molar-refractivity contribution is 8.00. The van der Waals surface area contributed by atoms with Crippen molar-refractivity contribution in [3.05, 3.63) is 54.1 Å². The molecule has 1 atom stereocenters.